The molecule has 37 heavy (non-hydrogen) atoms. The molecule has 0 spiro atoms. The molecule has 0 aliphatic carbocycles. The van der Waals surface area contributed by atoms with Gasteiger partial charge in [0.05, 0.1) is 6.04 Å². The fourth-order valence-electron chi connectivity index (χ4n) is 5.17. The molecule has 3 aromatic rings. The summed E-state index contributed by atoms with van der Waals surface area (Å²) >= 11 is 0. The summed E-state index contributed by atoms with van der Waals surface area (Å²) in [5.41, 5.74) is 2.85. The number of carbonyl (C=O) groups excluding carboxylic acids is 1. The Balaban J connectivity index is 1.50. The highest BCUT2D eigenvalue weighted by molar-refractivity contribution is 5.87. The zero-order valence-corrected chi connectivity index (χ0v) is 22.6. The number of amides is 1. The van der Waals surface area contributed by atoms with Gasteiger partial charge >= 0.3 is 0 Å². The largest absolute Gasteiger partial charge is 0.348 e. The summed E-state index contributed by atoms with van der Waals surface area (Å²) in [5, 5.41) is 4.24. The van der Waals surface area contributed by atoms with Crippen LogP contribution in [0.15, 0.2) is 60.0 Å². The average Bonchev–Trinajstić information content (AvgIpc) is 2.91. The number of anilines is 1. The van der Waals surface area contributed by atoms with E-state index in [1.165, 1.54) is 11.6 Å². The molecule has 0 radical (unpaired) electrons. The average molecular weight is 503 g/mol. The van der Waals surface area contributed by atoms with Crippen LogP contribution in [-0.4, -0.2) is 56.4 Å². The van der Waals surface area contributed by atoms with Crippen LogP contribution >= 0.6 is 0 Å². The van der Waals surface area contributed by atoms with Crippen molar-refractivity contribution in [2.45, 2.75) is 58.7 Å². The Labute approximate surface area is 219 Å². The SMILES string of the molecule is C=CC(=O)N1CCN([C@](C)(CC)c2ccc([C@H](C)Nc3ncc4ccc(=O)n(C(C)C)c4n3)cc2)CC1. The monoisotopic (exact) mass is 502 g/mol. The molecule has 3 heterocycles. The normalized spacial score (nSPS) is 17.0. The third kappa shape index (κ3) is 5.30. The standard InChI is InChI=1S/C29H38N6O2/c1-7-25(36)33-15-17-34(18-16-33)29(6,8-2)24-12-9-22(10-13-24)21(5)31-28-30-19-23-11-14-26(37)35(20(3)4)27(23)32-28/h7,9-14,19-21H,1,8,15-18H2,2-6H3,(H,30,31,32)/t21-,29+/m0/s1. The number of carbonyl (C=O) groups is 1. The van der Waals surface area contributed by atoms with Crippen molar-refractivity contribution in [1.29, 1.82) is 0 Å². The fourth-order valence-corrected chi connectivity index (χ4v) is 5.17. The van der Waals surface area contributed by atoms with E-state index >= 15 is 0 Å². The molecule has 0 bridgehead atoms. The molecule has 0 saturated carbocycles. The Kier molecular flexibility index (Phi) is 7.78. The van der Waals surface area contributed by atoms with Crippen molar-refractivity contribution in [2.24, 2.45) is 0 Å². The van der Waals surface area contributed by atoms with E-state index in [0.29, 0.717) is 11.6 Å². The van der Waals surface area contributed by atoms with E-state index in [1.54, 1.807) is 22.9 Å². The highest BCUT2D eigenvalue weighted by Crippen LogP contribution is 2.33. The summed E-state index contributed by atoms with van der Waals surface area (Å²) in [7, 11) is 0. The highest BCUT2D eigenvalue weighted by Gasteiger charge is 2.34. The first kappa shape index (κ1) is 26.5. The minimum atomic E-state index is -0.111. The van der Waals surface area contributed by atoms with Crippen LogP contribution in [0.5, 0.6) is 0 Å². The van der Waals surface area contributed by atoms with Gasteiger partial charge in [-0.25, -0.2) is 4.98 Å². The Bertz CT molecular complexity index is 1320. The third-order valence-electron chi connectivity index (χ3n) is 7.71. The third-order valence-corrected chi connectivity index (χ3v) is 7.71. The molecule has 1 aliphatic heterocycles. The molecule has 1 aromatic carbocycles. The topological polar surface area (TPSA) is 83.4 Å². The van der Waals surface area contributed by atoms with Crippen molar-refractivity contribution in [1.82, 2.24) is 24.3 Å². The van der Waals surface area contributed by atoms with Crippen LogP contribution in [0, 0.1) is 0 Å². The van der Waals surface area contributed by atoms with Gasteiger partial charge in [-0.15, -0.1) is 0 Å². The van der Waals surface area contributed by atoms with E-state index in [0.717, 1.165) is 43.5 Å². The number of nitrogens with one attached hydrogen (secondary N) is 1. The van der Waals surface area contributed by atoms with Crippen molar-refractivity contribution in [2.75, 3.05) is 31.5 Å². The second-order valence-corrected chi connectivity index (χ2v) is 10.2. The lowest BCUT2D eigenvalue weighted by molar-refractivity contribution is -0.128. The van der Waals surface area contributed by atoms with Gasteiger partial charge in [0.2, 0.25) is 11.9 Å². The van der Waals surface area contributed by atoms with E-state index in [-0.39, 0.29) is 29.1 Å². The van der Waals surface area contributed by atoms with Gasteiger partial charge in [0, 0.05) is 55.4 Å². The van der Waals surface area contributed by atoms with Crippen LogP contribution in [0.1, 0.15) is 64.3 Å². The fraction of sp³-hybridized carbons (Fsp3) is 0.448. The van der Waals surface area contributed by atoms with Gasteiger partial charge in [-0.2, -0.15) is 4.98 Å². The number of aromatic nitrogens is 3. The lowest BCUT2D eigenvalue weighted by Crippen LogP contribution is -2.55. The number of hydrogen-bond donors (Lipinski definition) is 1. The molecule has 1 fully saturated rings. The van der Waals surface area contributed by atoms with Gasteiger partial charge in [0.1, 0.15) is 5.65 Å². The van der Waals surface area contributed by atoms with E-state index in [9.17, 15) is 9.59 Å². The molecule has 0 unspecified atom stereocenters. The number of nitrogens with zero attached hydrogens (tertiary/aromatic N) is 5. The second kappa shape index (κ2) is 10.8. The minimum absolute atomic E-state index is 0.00208. The highest BCUT2D eigenvalue weighted by atomic mass is 16.2. The van der Waals surface area contributed by atoms with Gasteiger partial charge in [-0.1, -0.05) is 37.8 Å². The molecule has 1 saturated heterocycles. The van der Waals surface area contributed by atoms with Crippen LogP contribution in [0.25, 0.3) is 11.0 Å². The van der Waals surface area contributed by atoms with E-state index in [4.69, 9.17) is 0 Å². The summed E-state index contributed by atoms with van der Waals surface area (Å²) in [4.78, 5) is 37.9. The van der Waals surface area contributed by atoms with Gasteiger partial charge in [-0.3, -0.25) is 19.1 Å². The first-order valence-corrected chi connectivity index (χ1v) is 13.1. The molecule has 1 amide bonds. The quantitative estimate of drug-likeness (QED) is 0.457. The van der Waals surface area contributed by atoms with E-state index in [1.807, 2.05) is 18.7 Å². The summed E-state index contributed by atoms with van der Waals surface area (Å²) in [6.45, 7) is 17.3. The van der Waals surface area contributed by atoms with E-state index in [2.05, 4.69) is 71.8 Å². The molecule has 8 nitrogen and oxygen atoms in total. The maximum absolute atomic E-state index is 12.4. The van der Waals surface area contributed by atoms with E-state index < -0.39 is 0 Å². The van der Waals surface area contributed by atoms with Crippen molar-refractivity contribution in [3.63, 3.8) is 0 Å². The number of rotatable bonds is 8. The van der Waals surface area contributed by atoms with Gasteiger partial charge < -0.3 is 10.2 Å². The summed E-state index contributed by atoms with van der Waals surface area (Å²) < 4.78 is 1.69. The minimum Gasteiger partial charge on any atom is -0.348 e. The molecule has 1 aliphatic rings. The Morgan fingerprint density at radius 2 is 1.78 bits per heavy atom. The molecule has 4 rings (SSSR count). The van der Waals surface area contributed by atoms with Crippen molar-refractivity contribution in [3.8, 4) is 0 Å². The Morgan fingerprint density at radius 3 is 2.38 bits per heavy atom. The predicted molar refractivity (Wildman–Crippen MR) is 149 cm³/mol. The molecule has 2 aromatic heterocycles. The maximum atomic E-state index is 12.4. The van der Waals surface area contributed by atoms with Crippen LogP contribution in [0.2, 0.25) is 0 Å². The zero-order valence-electron chi connectivity index (χ0n) is 22.6. The van der Waals surface area contributed by atoms with Gasteiger partial charge in [0.25, 0.3) is 5.56 Å². The number of benzene rings is 1. The Morgan fingerprint density at radius 1 is 1.11 bits per heavy atom. The Hall–Kier alpha value is -3.52. The summed E-state index contributed by atoms with van der Waals surface area (Å²) in [5.74, 6) is 0.501. The molecule has 196 valence electrons. The first-order valence-electron chi connectivity index (χ1n) is 13.1. The number of piperazine rings is 1. The van der Waals surface area contributed by atoms with Crippen LogP contribution in [0.3, 0.4) is 0 Å². The zero-order chi connectivity index (χ0) is 26.7. The number of pyridine rings is 1. The molecule has 1 N–H and O–H groups in total. The lowest BCUT2D eigenvalue weighted by Gasteiger charge is -2.46. The van der Waals surface area contributed by atoms with Crippen LogP contribution in [-0.2, 0) is 10.3 Å². The number of hydrogen-bond acceptors (Lipinski definition) is 6. The maximum Gasteiger partial charge on any atom is 0.252 e. The van der Waals surface area contributed by atoms with Crippen molar-refractivity contribution < 1.29 is 4.79 Å². The molecular weight excluding hydrogens is 464 g/mol. The van der Waals surface area contributed by atoms with Gasteiger partial charge in [-0.05, 0) is 57.4 Å². The van der Waals surface area contributed by atoms with Gasteiger partial charge in [0.15, 0.2) is 0 Å². The molecular formula is C29H38N6O2. The predicted octanol–water partition coefficient (Wildman–Crippen LogP) is 4.50. The van der Waals surface area contributed by atoms with Crippen molar-refractivity contribution >= 4 is 22.9 Å². The summed E-state index contributed by atoms with van der Waals surface area (Å²) in [6, 6.07) is 12.0. The lowest BCUT2D eigenvalue weighted by atomic mass is 9.86. The second-order valence-electron chi connectivity index (χ2n) is 10.2. The first-order chi connectivity index (χ1) is 17.7. The molecule has 8 heteroatoms. The molecule has 2 atom stereocenters. The smallest absolute Gasteiger partial charge is 0.252 e. The summed E-state index contributed by atoms with van der Waals surface area (Å²) in [6.07, 6.45) is 4.13. The van der Waals surface area contributed by atoms with Crippen LogP contribution in [0.4, 0.5) is 5.95 Å². The number of fused-ring (bicyclic) bond motifs is 1. The van der Waals surface area contributed by atoms with Crippen molar-refractivity contribution in [3.05, 3.63) is 76.7 Å². The van der Waals surface area contributed by atoms with Crippen LogP contribution < -0.4 is 10.9 Å².